The minimum Gasteiger partial charge on any atom is -0.486 e. The van der Waals surface area contributed by atoms with Gasteiger partial charge in [0, 0.05) is 0 Å². The topological polar surface area (TPSA) is 88.4 Å². The van der Waals surface area contributed by atoms with Crippen LogP contribution in [0.15, 0.2) is 42.5 Å². The summed E-state index contributed by atoms with van der Waals surface area (Å²) in [5.41, 5.74) is 1.63. The molecule has 0 spiro atoms. The number of nitrogens with zero attached hydrogens (tertiary/aromatic N) is 1. The van der Waals surface area contributed by atoms with Gasteiger partial charge in [0.15, 0.2) is 0 Å². The van der Waals surface area contributed by atoms with Gasteiger partial charge in [0.05, 0.1) is 36.1 Å². The monoisotopic (exact) mass is 404 g/mol. The molecule has 1 aliphatic rings. The number of hydrogen-bond acceptors (Lipinski definition) is 5. The molecule has 0 unspecified atom stereocenters. The van der Waals surface area contributed by atoms with Crippen molar-refractivity contribution in [2.45, 2.75) is 31.2 Å². The molecule has 3 rings (SSSR count). The maximum absolute atomic E-state index is 13.3. The third-order valence-corrected chi connectivity index (χ3v) is 6.39. The fourth-order valence-electron chi connectivity index (χ4n) is 2.86. The normalized spacial score (nSPS) is 19.5. The Morgan fingerprint density at radius 2 is 1.93 bits per heavy atom. The van der Waals surface area contributed by atoms with Gasteiger partial charge in [-0.25, -0.2) is 17.5 Å². The molecule has 148 valence electrons. The van der Waals surface area contributed by atoms with E-state index in [4.69, 9.17) is 9.47 Å². The summed E-state index contributed by atoms with van der Waals surface area (Å²) in [6, 6.07) is 12.6. The average molecular weight is 404 g/mol. The van der Waals surface area contributed by atoms with E-state index in [9.17, 15) is 18.1 Å². The van der Waals surface area contributed by atoms with Crippen LogP contribution in [0.3, 0.4) is 0 Å². The molecule has 0 saturated carbocycles. The van der Waals surface area contributed by atoms with Crippen LogP contribution in [0.25, 0.3) is 11.1 Å². The van der Waals surface area contributed by atoms with Crippen molar-refractivity contribution in [1.29, 1.82) is 5.26 Å². The number of rotatable bonds is 6. The van der Waals surface area contributed by atoms with Gasteiger partial charge in [0.2, 0.25) is 10.0 Å². The first-order valence-electron chi connectivity index (χ1n) is 8.86. The molecule has 2 aromatic carbocycles. The highest BCUT2D eigenvalue weighted by atomic mass is 32.2. The van der Waals surface area contributed by atoms with Gasteiger partial charge in [0.25, 0.3) is 0 Å². The fourth-order valence-corrected chi connectivity index (χ4v) is 3.77. The molecule has 6 nitrogen and oxygen atoms in total. The van der Waals surface area contributed by atoms with Crippen LogP contribution in [0.4, 0.5) is 4.39 Å². The van der Waals surface area contributed by atoms with E-state index in [1.165, 1.54) is 12.1 Å². The van der Waals surface area contributed by atoms with Crippen LogP contribution in [0.5, 0.6) is 5.75 Å². The average Bonchev–Trinajstić information content (AvgIpc) is 3.08. The lowest BCUT2D eigenvalue weighted by Gasteiger charge is -2.21. The molecule has 1 aliphatic heterocycles. The van der Waals surface area contributed by atoms with Crippen LogP contribution in [0.2, 0.25) is 0 Å². The van der Waals surface area contributed by atoms with Crippen LogP contribution >= 0.6 is 0 Å². The minimum absolute atomic E-state index is 0.246. The number of hydrogen-bond donors (Lipinski definition) is 1. The zero-order chi connectivity index (χ0) is 20.3. The smallest absolute Gasteiger partial charge is 0.214 e. The number of nitrogens with one attached hydrogen (secondary N) is 1. The maximum atomic E-state index is 13.3. The van der Waals surface area contributed by atoms with Gasteiger partial charge in [-0.15, -0.1) is 0 Å². The Hall–Kier alpha value is -2.47. The van der Waals surface area contributed by atoms with Gasteiger partial charge in [-0.05, 0) is 49.2 Å². The number of ether oxygens (including phenoxy) is 2. The summed E-state index contributed by atoms with van der Waals surface area (Å²) < 4.78 is 51.4. The third kappa shape index (κ3) is 4.50. The van der Waals surface area contributed by atoms with Crippen LogP contribution in [-0.4, -0.2) is 39.0 Å². The largest absolute Gasteiger partial charge is 0.486 e. The second-order valence-electron chi connectivity index (χ2n) is 6.84. The van der Waals surface area contributed by atoms with E-state index < -0.39 is 33.2 Å². The van der Waals surface area contributed by atoms with E-state index in [0.717, 1.165) is 5.56 Å². The minimum atomic E-state index is -3.43. The Kier molecular flexibility index (Phi) is 5.98. The number of halogens is 1. The van der Waals surface area contributed by atoms with Crippen LogP contribution in [0, 0.1) is 17.1 Å². The molecular formula is C20H21FN2O4S. The van der Waals surface area contributed by atoms with Gasteiger partial charge in [0.1, 0.15) is 17.7 Å². The first-order chi connectivity index (χ1) is 13.3. The van der Waals surface area contributed by atoms with Crippen molar-refractivity contribution in [3.8, 4) is 22.9 Å². The molecule has 0 bridgehead atoms. The molecule has 1 heterocycles. The van der Waals surface area contributed by atoms with E-state index in [1.54, 1.807) is 44.2 Å². The summed E-state index contributed by atoms with van der Waals surface area (Å²) in [6.07, 6.45) is -0.445. The molecule has 8 heteroatoms. The van der Waals surface area contributed by atoms with Crippen molar-refractivity contribution in [2.24, 2.45) is 0 Å². The SMILES string of the molecule is CC(C)S(=O)(=O)N[C@H]1COC[C@H]1Oc1ccc(-c2ccc(F)cc2C#N)cc1. The first kappa shape index (κ1) is 20.3. The Bertz CT molecular complexity index is 984. The molecule has 0 radical (unpaired) electrons. The number of benzene rings is 2. The summed E-state index contributed by atoms with van der Waals surface area (Å²) in [5, 5.41) is 8.65. The lowest BCUT2D eigenvalue weighted by Crippen LogP contribution is -2.47. The van der Waals surface area contributed by atoms with Gasteiger partial charge in [-0.2, -0.15) is 5.26 Å². The summed E-state index contributed by atoms with van der Waals surface area (Å²) in [7, 11) is -3.43. The molecule has 28 heavy (non-hydrogen) atoms. The maximum Gasteiger partial charge on any atom is 0.214 e. The highest BCUT2D eigenvalue weighted by Gasteiger charge is 2.34. The Balaban J connectivity index is 1.73. The summed E-state index contributed by atoms with van der Waals surface area (Å²) in [5.74, 6) is 0.0880. The van der Waals surface area contributed by atoms with Gasteiger partial charge in [-0.3, -0.25) is 0 Å². The van der Waals surface area contributed by atoms with E-state index in [2.05, 4.69) is 4.72 Å². The third-order valence-electron chi connectivity index (χ3n) is 4.52. The van der Waals surface area contributed by atoms with Gasteiger partial charge >= 0.3 is 0 Å². The zero-order valence-electron chi connectivity index (χ0n) is 15.6. The number of sulfonamides is 1. The molecule has 0 amide bonds. The second kappa shape index (κ2) is 8.27. The quantitative estimate of drug-likeness (QED) is 0.800. The van der Waals surface area contributed by atoms with Crippen molar-refractivity contribution in [3.63, 3.8) is 0 Å². The van der Waals surface area contributed by atoms with E-state index in [0.29, 0.717) is 11.3 Å². The highest BCUT2D eigenvalue weighted by Crippen LogP contribution is 2.27. The van der Waals surface area contributed by atoms with Crippen molar-refractivity contribution in [1.82, 2.24) is 4.72 Å². The molecule has 2 aromatic rings. The predicted molar refractivity (Wildman–Crippen MR) is 103 cm³/mol. The fraction of sp³-hybridized carbons (Fsp3) is 0.350. The molecule has 0 aromatic heterocycles. The van der Waals surface area contributed by atoms with E-state index >= 15 is 0 Å². The molecule has 1 fully saturated rings. The van der Waals surface area contributed by atoms with Crippen LogP contribution < -0.4 is 9.46 Å². The molecule has 1 saturated heterocycles. The lowest BCUT2D eigenvalue weighted by atomic mass is 10.0. The van der Waals surface area contributed by atoms with Crippen molar-refractivity contribution in [3.05, 3.63) is 53.8 Å². The Morgan fingerprint density at radius 3 is 2.57 bits per heavy atom. The predicted octanol–water partition coefficient (Wildman–Crippen LogP) is 2.84. The summed E-state index contributed by atoms with van der Waals surface area (Å²) in [4.78, 5) is 0. The first-order valence-corrected chi connectivity index (χ1v) is 10.4. The highest BCUT2D eigenvalue weighted by molar-refractivity contribution is 7.90. The summed E-state index contributed by atoms with van der Waals surface area (Å²) in [6.45, 7) is 3.74. The van der Waals surface area contributed by atoms with E-state index in [1.807, 2.05) is 6.07 Å². The Labute approximate surface area is 163 Å². The van der Waals surface area contributed by atoms with Crippen LogP contribution in [0.1, 0.15) is 19.4 Å². The molecule has 0 aliphatic carbocycles. The Morgan fingerprint density at radius 1 is 1.21 bits per heavy atom. The van der Waals surface area contributed by atoms with Crippen molar-refractivity contribution < 1.29 is 22.3 Å². The lowest BCUT2D eigenvalue weighted by molar-refractivity contribution is 0.140. The number of nitriles is 1. The van der Waals surface area contributed by atoms with E-state index in [-0.39, 0.29) is 18.8 Å². The zero-order valence-corrected chi connectivity index (χ0v) is 16.4. The van der Waals surface area contributed by atoms with Crippen molar-refractivity contribution >= 4 is 10.0 Å². The van der Waals surface area contributed by atoms with Crippen LogP contribution in [-0.2, 0) is 14.8 Å². The standard InChI is InChI=1S/C20H21FN2O4S/c1-13(2)28(24,25)23-19-11-26-12-20(19)27-17-6-3-14(4-7-17)18-8-5-16(21)9-15(18)10-22/h3-9,13,19-20,23H,11-12H2,1-2H3/t19-,20+/m0/s1. The molecule has 2 atom stereocenters. The summed E-state index contributed by atoms with van der Waals surface area (Å²) >= 11 is 0. The van der Waals surface area contributed by atoms with Gasteiger partial charge in [-0.1, -0.05) is 18.2 Å². The van der Waals surface area contributed by atoms with Gasteiger partial charge < -0.3 is 9.47 Å². The molecule has 1 N–H and O–H groups in total. The molecular weight excluding hydrogens is 383 g/mol. The van der Waals surface area contributed by atoms with Crippen molar-refractivity contribution in [2.75, 3.05) is 13.2 Å². The second-order valence-corrected chi connectivity index (χ2v) is 9.11.